The first-order valence-corrected chi connectivity index (χ1v) is 19.3. The number of rotatable bonds is 9. The lowest BCUT2D eigenvalue weighted by atomic mass is 9.82. The van der Waals surface area contributed by atoms with Gasteiger partial charge in [-0.1, -0.05) is 48.5 Å². The Labute approximate surface area is 339 Å². The van der Waals surface area contributed by atoms with Gasteiger partial charge in [0.2, 0.25) is 18.7 Å². The quantitative estimate of drug-likeness (QED) is 0.194. The molecule has 0 bridgehead atoms. The highest BCUT2D eigenvalue weighted by molar-refractivity contribution is 5.24. The van der Waals surface area contributed by atoms with Crippen molar-refractivity contribution in [3.63, 3.8) is 0 Å². The van der Waals surface area contributed by atoms with E-state index in [4.69, 9.17) is 25.7 Å². The van der Waals surface area contributed by atoms with Gasteiger partial charge in [-0.2, -0.15) is 18.7 Å². The molecule has 0 unspecified atom stereocenters. The summed E-state index contributed by atoms with van der Waals surface area (Å²) in [5.74, 6) is -12.2. The normalized spacial score (nSPS) is 29.2. The van der Waals surface area contributed by atoms with Crippen LogP contribution >= 0.6 is 0 Å². The number of halogens is 6. The van der Waals surface area contributed by atoms with Gasteiger partial charge in [0.05, 0.1) is 29.6 Å². The summed E-state index contributed by atoms with van der Waals surface area (Å²) >= 11 is 0. The number of hydrogen-bond acceptors (Lipinski definition) is 13. The van der Waals surface area contributed by atoms with E-state index >= 15 is 0 Å². The number of aliphatic hydroxyl groups is 2. The van der Waals surface area contributed by atoms with Crippen LogP contribution in [-0.4, -0.2) is 86.1 Å². The number of hydrogen-bond donors (Lipinski definition) is 5. The van der Waals surface area contributed by atoms with Crippen molar-refractivity contribution in [3.05, 3.63) is 78.6 Å². The molecular weight excluding hydrogens is 814 g/mol. The number of ether oxygens (including phenoxy) is 3. The fourth-order valence-corrected chi connectivity index (χ4v) is 7.90. The molecular formula is C37H52F6N8O9. The van der Waals surface area contributed by atoms with E-state index in [0.29, 0.717) is 30.3 Å². The zero-order valence-electron chi connectivity index (χ0n) is 34.1. The largest absolute Gasteiger partial charge is 0.393 e. The number of anilines is 2. The average Bonchev–Trinajstić information content (AvgIpc) is 3.63. The van der Waals surface area contributed by atoms with Crippen molar-refractivity contribution in [2.45, 2.75) is 140 Å². The van der Waals surface area contributed by atoms with Gasteiger partial charge in [-0.25, -0.2) is 31.9 Å². The first kappa shape index (κ1) is 48.1. The van der Waals surface area contributed by atoms with E-state index < -0.39 is 100 Å². The second-order valence-electron chi connectivity index (χ2n) is 15.0. The molecule has 3 aliphatic rings. The molecule has 3 saturated heterocycles. The predicted octanol–water partition coefficient (Wildman–Crippen LogP) is 3.57. The highest BCUT2D eigenvalue weighted by Crippen LogP contribution is 2.55. The fraction of sp³-hybridized carbons (Fsp3) is 0.676. The van der Waals surface area contributed by atoms with Crippen LogP contribution in [0.2, 0.25) is 0 Å². The van der Waals surface area contributed by atoms with E-state index in [1.165, 1.54) is 33.0 Å². The Morgan fingerprint density at radius 1 is 0.633 bits per heavy atom. The summed E-state index contributed by atoms with van der Waals surface area (Å²) in [5, 5.41) is 19.0. The molecule has 17 nitrogen and oxygen atoms in total. The summed E-state index contributed by atoms with van der Waals surface area (Å²) in [6.45, 7) is 10.8. The summed E-state index contributed by atoms with van der Waals surface area (Å²) in [4.78, 5) is 54.9. The molecule has 60 heavy (non-hydrogen) atoms. The summed E-state index contributed by atoms with van der Waals surface area (Å²) in [6.07, 6.45) is -2.64. The van der Waals surface area contributed by atoms with Crippen LogP contribution in [0.1, 0.15) is 99.3 Å². The molecule has 0 radical (unpaired) electrons. The van der Waals surface area contributed by atoms with E-state index in [0.717, 1.165) is 33.7 Å². The lowest BCUT2D eigenvalue weighted by Gasteiger charge is -2.30. The van der Waals surface area contributed by atoms with Gasteiger partial charge in [-0.3, -0.25) is 23.5 Å². The Kier molecular flexibility index (Phi) is 14.0. The van der Waals surface area contributed by atoms with E-state index in [1.54, 1.807) is 13.8 Å². The van der Waals surface area contributed by atoms with Gasteiger partial charge in [0.15, 0.2) is 6.10 Å². The molecule has 3 aromatic heterocycles. The van der Waals surface area contributed by atoms with Crippen molar-refractivity contribution in [3.8, 4) is 0 Å². The highest BCUT2D eigenvalue weighted by atomic mass is 19.3. The molecule has 7 N–H and O–H groups in total. The standard InChI is InChI=1S/C13H19F2N3O2.C13H18F2N2O3.C11H15F2N3O4/c1-4-12(5-2)8(3)13(14,15)10(20-12)18-7-6-9(16)17-11(18)19;1-4-12(5-2)8(3)13(14,15)10(20-12)17-7-6-9(18)16-11(17)19;1-2-10(5-17)7(18)11(12,13)8(20-10)16-4-3-6(14)15-9(16)19/h6-8,10H,4-5H2,1-3H3,(H2,16,17,19);6-8,10H,4-5H2,1-3H3,(H,16,18,19);3-4,7-8,17-18H,2,5H2,1H3,(H2,14,15,19)/t2*8-,10-;7-,8-,10-/m111/s1. The zero-order valence-corrected chi connectivity index (χ0v) is 34.1. The van der Waals surface area contributed by atoms with Gasteiger partial charge in [0, 0.05) is 24.7 Å². The van der Waals surface area contributed by atoms with Crippen LogP contribution in [0, 0.1) is 11.8 Å². The van der Waals surface area contributed by atoms with Crippen molar-refractivity contribution >= 4 is 11.6 Å². The minimum atomic E-state index is -3.75. The van der Waals surface area contributed by atoms with Crippen LogP contribution in [0.15, 0.2) is 56.0 Å². The molecule has 0 amide bonds. The molecule has 6 rings (SSSR count). The molecule has 0 aromatic carbocycles. The smallest absolute Gasteiger partial charge is 0.351 e. The van der Waals surface area contributed by atoms with Gasteiger partial charge >= 0.3 is 23.0 Å². The number of alkyl halides is 6. The van der Waals surface area contributed by atoms with E-state index in [1.807, 2.05) is 18.8 Å². The molecule has 0 saturated carbocycles. The number of aromatic amines is 1. The number of nitrogens with zero attached hydrogens (tertiary/aromatic N) is 5. The lowest BCUT2D eigenvalue weighted by molar-refractivity contribution is -0.145. The maximum atomic E-state index is 14.5. The molecule has 336 valence electrons. The predicted molar refractivity (Wildman–Crippen MR) is 203 cm³/mol. The van der Waals surface area contributed by atoms with Crippen molar-refractivity contribution in [1.29, 1.82) is 0 Å². The van der Waals surface area contributed by atoms with Crippen LogP contribution < -0.4 is 34.1 Å². The van der Waals surface area contributed by atoms with Crippen LogP contribution in [0.4, 0.5) is 38.0 Å². The van der Waals surface area contributed by atoms with Crippen LogP contribution in [0.5, 0.6) is 0 Å². The molecule has 6 heterocycles. The molecule has 3 fully saturated rings. The minimum absolute atomic E-state index is 0.00198. The number of aliphatic hydroxyl groups excluding tert-OH is 2. The maximum absolute atomic E-state index is 14.5. The summed E-state index contributed by atoms with van der Waals surface area (Å²) < 4.78 is 105. The number of nitrogens with one attached hydrogen (secondary N) is 1. The van der Waals surface area contributed by atoms with Crippen molar-refractivity contribution in [2.24, 2.45) is 11.8 Å². The Hall–Kier alpha value is -4.58. The number of H-pyrrole nitrogens is 1. The van der Waals surface area contributed by atoms with Gasteiger partial charge in [0.1, 0.15) is 17.2 Å². The summed E-state index contributed by atoms with van der Waals surface area (Å²) in [5.41, 5.74) is 3.56. The monoisotopic (exact) mass is 866 g/mol. The Balaban J connectivity index is 0.000000198. The SMILES string of the molecule is CCC1(CC)O[C@@H](n2ccc(=O)[nH]c2=O)C(F)(F)[C@@H]1C.CCC1(CC)O[C@@H](n2ccc(N)nc2=O)C(F)(F)[C@@H]1C.CC[C@]1(CO)O[C@@H](n2ccc(N)nc2=O)C(F)(F)[C@@H]1O. The van der Waals surface area contributed by atoms with Crippen molar-refractivity contribution in [2.75, 3.05) is 18.1 Å². The van der Waals surface area contributed by atoms with Gasteiger partial charge in [0.25, 0.3) is 17.4 Å². The number of nitrogen functional groups attached to an aromatic ring is 2. The van der Waals surface area contributed by atoms with Gasteiger partial charge in [-0.05, 0) is 44.2 Å². The second kappa shape index (κ2) is 17.4. The molecule has 0 spiro atoms. The molecule has 3 aromatic rings. The van der Waals surface area contributed by atoms with Crippen LogP contribution in [-0.2, 0) is 14.2 Å². The van der Waals surface area contributed by atoms with Crippen molar-refractivity contribution in [1.82, 2.24) is 28.7 Å². The number of aromatic nitrogens is 6. The first-order chi connectivity index (χ1) is 27.8. The Bertz CT molecular complexity index is 2100. The van der Waals surface area contributed by atoms with E-state index in [-0.39, 0.29) is 18.1 Å². The minimum Gasteiger partial charge on any atom is -0.393 e. The lowest BCUT2D eigenvalue weighted by Crippen LogP contribution is -2.48. The third-order valence-electron chi connectivity index (χ3n) is 12.2. The zero-order chi connectivity index (χ0) is 45.4. The Morgan fingerprint density at radius 2 is 0.983 bits per heavy atom. The highest BCUT2D eigenvalue weighted by Gasteiger charge is 2.67. The average molecular weight is 867 g/mol. The van der Waals surface area contributed by atoms with Gasteiger partial charge < -0.3 is 35.9 Å². The third-order valence-corrected chi connectivity index (χ3v) is 12.2. The topological polar surface area (TPSA) is 245 Å². The summed E-state index contributed by atoms with van der Waals surface area (Å²) in [6, 6.07) is 3.50. The van der Waals surface area contributed by atoms with Gasteiger partial charge in [-0.15, -0.1) is 0 Å². The maximum Gasteiger partial charge on any atom is 0.351 e. The molecule has 23 heteroatoms. The number of nitrogens with two attached hydrogens (primary N) is 2. The Morgan fingerprint density at radius 3 is 1.30 bits per heavy atom. The first-order valence-electron chi connectivity index (χ1n) is 19.3. The van der Waals surface area contributed by atoms with Crippen LogP contribution in [0.25, 0.3) is 0 Å². The van der Waals surface area contributed by atoms with Crippen molar-refractivity contribution < 1.29 is 50.8 Å². The molecule has 3 aliphatic heterocycles. The van der Waals surface area contributed by atoms with Crippen LogP contribution in [0.3, 0.4) is 0 Å². The summed E-state index contributed by atoms with van der Waals surface area (Å²) in [7, 11) is 0. The third kappa shape index (κ3) is 8.25. The molecule has 7 atom stereocenters. The fourth-order valence-electron chi connectivity index (χ4n) is 7.90. The van der Waals surface area contributed by atoms with E-state index in [2.05, 4.69) is 9.97 Å². The van der Waals surface area contributed by atoms with E-state index in [9.17, 15) is 55.7 Å². The molecule has 0 aliphatic carbocycles. The second-order valence-corrected chi connectivity index (χ2v) is 15.0.